The van der Waals surface area contributed by atoms with Crippen molar-refractivity contribution in [2.45, 2.75) is 13.3 Å². The van der Waals surface area contributed by atoms with E-state index in [1.165, 1.54) is 6.07 Å². The van der Waals surface area contributed by atoms with Gasteiger partial charge < -0.3 is 4.90 Å². The first-order valence-electron chi connectivity index (χ1n) is 7.01. The van der Waals surface area contributed by atoms with Crippen LogP contribution in [-0.2, 0) is 6.42 Å². The van der Waals surface area contributed by atoms with Crippen LogP contribution in [0.2, 0.25) is 0 Å². The van der Waals surface area contributed by atoms with Crippen molar-refractivity contribution in [3.8, 4) is 0 Å². The van der Waals surface area contributed by atoms with E-state index >= 15 is 0 Å². The summed E-state index contributed by atoms with van der Waals surface area (Å²) in [6.07, 6.45) is 0.739. The van der Waals surface area contributed by atoms with Gasteiger partial charge in [0.25, 0.3) is 0 Å². The molecule has 21 heavy (non-hydrogen) atoms. The van der Waals surface area contributed by atoms with Gasteiger partial charge in [-0.25, -0.2) is 9.38 Å². The van der Waals surface area contributed by atoms with E-state index < -0.39 is 0 Å². The molecule has 2 nitrogen and oxygen atoms in total. The normalized spacial score (nSPS) is 14.0. The number of halogens is 1. The maximum atomic E-state index is 13.8. The molecule has 0 saturated carbocycles. The van der Waals surface area contributed by atoms with Crippen LogP contribution in [0.25, 0.3) is 5.70 Å². The lowest BCUT2D eigenvalue weighted by molar-refractivity contribution is 0.622. The fourth-order valence-electron chi connectivity index (χ4n) is 2.61. The molecule has 0 N–H and O–H groups in total. The van der Waals surface area contributed by atoms with E-state index in [0.717, 1.165) is 40.3 Å². The fraction of sp³-hybridized carbons (Fsp3) is 0.167. The first-order chi connectivity index (χ1) is 10.1. The van der Waals surface area contributed by atoms with Crippen molar-refractivity contribution in [2.24, 2.45) is 4.99 Å². The third-order valence-corrected chi connectivity index (χ3v) is 3.82. The van der Waals surface area contributed by atoms with Crippen molar-refractivity contribution >= 4 is 17.2 Å². The number of benzene rings is 2. The number of amidine groups is 1. The predicted molar refractivity (Wildman–Crippen MR) is 85.2 cm³/mol. The van der Waals surface area contributed by atoms with Gasteiger partial charge in [-0.3, -0.25) is 0 Å². The minimum atomic E-state index is -0.237. The summed E-state index contributed by atoms with van der Waals surface area (Å²) in [6, 6.07) is 13.0. The van der Waals surface area contributed by atoms with Crippen molar-refractivity contribution in [2.75, 3.05) is 7.05 Å². The molecule has 3 rings (SSSR count). The molecular weight excluding hydrogens is 263 g/mol. The third kappa shape index (κ3) is 2.25. The molecule has 1 aliphatic heterocycles. The van der Waals surface area contributed by atoms with E-state index in [1.54, 1.807) is 6.07 Å². The van der Waals surface area contributed by atoms with Gasteiger partial charge in [-0.2, -0.15) is 0 Å². The van der Waals surface area contributed by atoms with Crippen molar-refractivity contribution in [1.82, 2.24) is 4.90 Å². The quantitative estimate of drug-likeness (QED) is 0.797. The lowest BCUT2D eigenvalue weighted by Gasteiger charge is -2.30. The topological polar surface area (TPSA) is 15.6 Å². The second-order valence-electron chi connectivity index (χ2n) is 5.12. The summed E-state index contributed by atoms with van der Waals surface area (Å²) < 4.78 is 13.8. The second kappa shape index (κ2) is 5.17. The van der Waals surface area contributed by atoms with E-state index in [4.69, 9.17) is 4.99 Å². The van der Waals surface area contributed by atoms with Crippen LogP contribution in [0, 0.1) is 5.82 Å². The Morgan fingerprint density at radius 1 is 1.19 bits per heavy atom. The second-order valence-corrected chi connectivity index (χ2v) is 5.12. The molecule has 0 saturated heterocycles. The Balaban J connectivity index is 2.24. The number of rotatable bonds is 2. The van der Waals surface area contributed by atoms with Gasteiger partial charge in [0.1, 0.15) is 11.7 Å². The Morgan fingerprint density at radius 3 is 2.57 bits per heavy atom. The Bertz CT molecular complexity index is 732. The number of hydrogen-bond donors (Lipinski definition) is 0. The minimum absolute atomic E-state index is 0.237. The summed E-state index contributed by atoms with van der Waals surface area (Å²) in [4.78, 5) is 6.69. The highest BCUT2D eigenvalue weighted by molar-refractivity contribution is 6.07. The van der Waals surface area contributed by atoms with Gasteiger partial charge >= 0.3 is 0 Å². The molecule has 2 aromatic rings. The Hall–Kier alpha value is -2.42. The standard InChI is InChI=1S/C18H17FN2/c1-4-13-10-15(19)11-16-12(2)21(3)18(20-17(13)16)14-8-6-5-7-9-14/h5-11H,2,4H2,1,3H3. The van der Waals surface area contributed by atoms with Gasteiger partial charge in [-0.05, 0) is 24.1 Å². The molecule has 0 aromatic heterocycles. The molecular formula is C18H17FN2. The van der Waals surface area contributed by atoms with E-state index in [2.05, 4.69) is 6.58 Å². The van der Waals surface area contributed by atoms with E-state index in [-0.39, 0.29) is 5.82 Å². The maximum Gasteiger partial charge on any atom is 0.140 e. The number of aryl methyl sites for hydroxylation is 1. The third-order valence-electron chi connectivity index (χ3n) is 3.82. The van der Waals surface area contributed by atoms with E-state index in [0.29, 0.717) is 0 Å². The first-order valence-corrected chi connectivity index (χ1v) is 7.01. The summed E-state index contributed by atoms with van der Waals surface area (Å²) in [7, 11) is 1.91. The average Bonchev–Trinajstić information content (AvgIpc) is 2.51. The molecule has 1 aliphatic rings. The number of aliphatic imine (C=N–C) groups is 1. The highest BCUT2D eigenvalue weighted by atomic mass is 19.1. The summed E-state index contributed by atoms with van der Waals surface area (Å²) >= 11 is 0. The largest absolute Gasteiger partial charge is 0.329 e. The van der Waals surface area contributed by atoms with Crippen LogP contribution >= 0.6 is 0 Å². The smallest absolute Gasteiger partial charge is 0.140 e. The molecule has 0 unspecified atom stereocenters. The Morgan fingerprint density at radius 2 is 1.90 bits per heavy atom. The van der Waals surface area contributed by atoms with Crippen LogP contribution in [0.1, 0.15) is 23.6 Å². The first kappa shape index (κ1) is 13.6. The van der Waals surface area contributed by atoms with Crippen LogP contribution in [-0.4, -0.2) is 17.8 Å². The van der Waals surface area contributed by atoms with Crippen LogP contribution < -0.4 is 0 Å². The Labute approximate surface area is 124 Å². The number of hydrogen-bond acceptors (Lipinski definition) is 2. The van der Waals surface area contributed by atoms with Gasteiger partial charge in [0.05, 0.1) is 5.69 Å². The summed E-state index contributed by atoms with van der Waals surface area (Å²) in [5, 5.41) is 0. The number of nitrogens with zero attached hydrogens (tertiary/aromatic N) is 2. The van der Waals surface area contributed by atoms with Gasteiger partial charge in [0.15, 0.2) is 0 Å². The van der Waals surface area contributed by atoms with Crippen LogP contribution in [0.3, 0.4) is 0 Å². The highest BCUT2D eigenvalue weighted by Crippen LogP contribution is 2.37. The van der Waals surface area contributed by atoms with Gasteiger partial charge in [0.2, 0.25) is 0 Å². The molecule has 0 atom stereocenters. The van der Waals surface area contributed by atoms with Gasteiger partial charge in [-0.1, -0.05) is 43.8 Å². The molecule has 0 aliphatic carbocycles. The zero-order valence-corrected chi connectivity index (χ0v) is 12.2. The number of fused-ring (bicyclic) bond motifs is 1. The lowest BCUT2D eigenvalue weighted by atomic mass is 9.99. The lowest BCUT2D eigenvalue weighted by Crippen LogP contribution is -2.28. The van der Waals surface area contributed by atoms with E-state index in [9.17, 15) is 4.39 Å². The summed E-state index contributed by atoms with van der Waals surface area (Å²) in [6.45, 7) is 6.12. The molecule has 0 amide bonds. The monoisotopic (exact) mass is 280 g/mol. The molecule has 0 bridgehead atoms. The molecule has 106 valence electrons. The van der Waals surface area contributed by atoms with Crippen LogP contribution in [0.15, 0.2) is 54.0 Å². The van der Waals surface area contributed by atoms with Crippen molar-refractivity contribution in [3.05, 3.63) is 71.6 Å². The average molecular weight is 280 g/mol. The molecule has 1 heterocycles. The van der Waals surface area contributed by atoms with Crippen LogP contribution in [0.4, 0.5) is 10.1 Å². The highest BCUT2D eigenvalue weighted by Gasteiger charge is 2.24. The zero-order valence-electron chi connectivity index (χ0n) is 12.2. The van der Waals surface area contributed by atoms with Crippen molar-refractivity contribution in [3.63, 3.8) is 0 Å². The van der Waals surface area contributed by atoms with Crippen molar-refractivity contribution in [1.29, 1.82) is 0 Å². The maximum absolute atomic E-state index is 13.8. The molecule has 0 spiro atoms. The Kier molecular flexibility index (Phi) is 3.34. The molecule has 0 radical (unpaired) electrons. The predicted octanol–water partition coefficient (Wildman–Crippen LogP) is 4.38. The SMILES string of the molecule is C=C1c2cc(F)cc(CC)c2N=C(c2ccccc2)N1C. The van der Waals surface area contributed by atoms with Crippen LogP contribution in [0.5, 0.6) is 0 Å². The minimum Gasteiger partial charge on any atom is -0.329 e. The molecule has 2 aromatic carbocycles. The molecule has 3 heteroatoms. The van der Waals surface area contributed by atoms with Gasteiger partial charge in [0, 0.05) is 23.9 Å². The van der Waals surface area contributed by atoms with Gasteiger partial charge in [-0.15, -0.1) is 0 Å². The summed E-state index contributed by atoms with van der Waals surface area (Å²) in [5.41, 5.74) is 4.31. The van der Waals surface area contributed by atoms with Crippen molar-refractivity contribution < 1.29 is 4.39 Å². The summed E-state index contributed by atoms with van der Waals surface area (Å²) in [5.74, 6) is 0.605. The molecule has 0 fully saturated rings. The fourth-order valence-corrected chi connectivity index (χ4v) is 2.61. The van der Waals surface area contributed by atoms with E-state index in [1.807, 2.05) is 49.2 Å². The zero-order chi connectivity index (χ0) is 15.0.